The van der Waals surface area contributed by atoms with Crippen LogP contribution in [-0.4, -0.2) is 42.0 Å². The summed E-state index contributed by atoms with van der Waals surface area (Å²) in [5.41, 5.74) is 1.89. The molecule has 4 rings (SSSR count). The number of aromatic nitrogens is 1. The van der Waals surface area contributed by atoms with E-state index in [4.69, 9.17) is 11.6 Å². The number of hydrogen-bond acceptors (Lipinski definition) is 3. The standard InChI is InChI=1S/C19H22ClN3O/c1-2-9-22-10-6-19(18(22)24)7-11-23(13-19)17-5-8-21-16-12-14(20)3-4-15(16)17/h3-5,8,12H,2,6-7,9-11,13H2,1H3. The Hall–Kier alpha value is -1.81. The molecule has 0 aliphatic carbocycles. The lowest BCUT2D eigenvalue weighted by Crippen LogP contribution is -2.37. The molecule has 0 N–H and O–H groups in total. The molecule has 1 unspecified atom stereocenters. The molecule has 24 heavy (non-hydrogen) atoms. The Morgan fingerprint density at radius 3 is 2.92 bits per heavy atom. The molecule has 2 fully saturated rings. The molecule has 1 aromatic carbocycles. The highest BCUT2D eigenvalue weighted by Crippen LogP contribution is 2.43. The Morgan fingerprint density at radius 2 is 2.08 bits per heavy atom. The summed E-state index contributed by atoms with van der Waals surface area (Å²) in [6, 6.07) is 7.89. The average Bonchev–Trinajstić information content (AvgIpc) is 3.14. The molecule has 1 atom stereocenters. The fraction of sp³-hybridized carbons (Fsp3) is 0.474. The molecule has 5 heteroatoms. The monoisotopic (exact) mass is 343 g/mol. The Kier molecular flexibility index (Phi) is 3.87. The van der Waals surface area contributed by atoms with Crippen LogP contribution in [0.4, 0.5) is 5.69 Å². The lowest BCUT2D eigenvalue weighted by molar-refractivity contribution is -0.135. The highest BCUT2D eigenvalue weighted by molar-refractivity contribution is 6.31. The smallest absolute Gasteiger partial charge is 0.230 e. The highest BCUT2D eigenvalue weighted by Gasteiger charge is 2.50. The maximum absolute atomic E-state index is 12.9. The van der Waals surface area contributed by atoms with Gasteiger partial charge in [-0.1, -0.05) is 18.5 Å². The van der Waals surface area contributed by atoms with Gasteiger partial charge in [-0.05, 0) is 43.5 Å². The quantitative estimate of drug-likeness (QED) is 0.852. The highest BCUT2D eigenvalue weighted by atomic mass is 35.5. The molecular weight excluding hydrogens is 322 g/mol. The molecule has 0 saturated carbocycles. The van der Waals surface area contributed by atoms with Gasteiger partial charge in [0.1, 0.15) is 0 Å². The summed E-state index contributed by atoms with van der Waals surface area (Å²) >= 11 is 6.09. The first kappa shape index (κ1) is 15.7. The van der Waals surface area contributed by atoms with E-state index in [0.717, 1.165) is 62.0 Å². The number of amides is 1. The average molecular weight is 344 g/mol. The van der Waals surface area contributed by atoms with Gasteiger partial charge in [0.15, 0.2) is 0 Å². The predicted octanol–water partition coefficient (Wildman–Crippen LogP) is 3.73. The second-order valence-corrected chi connectivity index (χ2v) is 7.42. The number of benzene rings is 1. The third-order valence-electron chi connectivity index (χ3n) is 5.47. The lowest BCUT2D eigenvalue weighted by Gasteiger charge is -2.25. The summed E-state index contributed by atoms with van der Waals surface area (Å²) in [6.07, 6.45) is 4.79. The van der Waals surface area contributed by atoms with Crippen LogP contribution in [0.15, 0.2) is 30.5 Å². The summed E-state index contributed by atoms with van der Waals surface area (Å²) in [4.78, 5) is 21.7. The fourth-order valence-corrected chi connectivity index (χ4v) is 4.38. The summed E-state index contributed by atoms with van der Waals surface area (Å²) in [5.74, 6) is 0.355. The van der Waals surface area contributed by atoms with Crippen molar-refractivity contribution >= 4 is 34.1 Å². The Bertz CT molecular complexity index is 793. The minimum Gasteiger partial charge on any atom is -0.370 e. The van der Waals surface area contributed by atoms with E-state index in [1.54, 1.807) is 0 Å². The molecule has 2 saturated heterocycles. The van der Waals surface area contributed by atoms with E-state index >= 15 is 0 Å². The molecule has 1 aromatic heterocycles. The second-order valence-electron chi connectivity index (χ2n) is 6.99. The molecule has 2 aromatic rings. The SMILES string of the molecule is CCCN1CCC2(CCN(c3ccnc4cc(Cl)ccc34)C2)C1=O. The number of carbonyl (C=O) groups excluding carboxylic acids is 1. The van der Waals surface area contributed by atoms with E-state index in [1.165, 1.54) is 0 Å². The van der Waals surface area contributed by atoms with Crippen LogP contribution in [0, 0.1) is 5.41 Å². The molecule has 0 bridgehead atoms. The number of halogens is 1. The molecule has 1 amide bonds. The van der Waals surface area contributed by atoms with Gasteiger partial charge in [-0.25, -0.2) is 0 Å². The van der Waals surface area contributed by atoms with Gasteiger partial charge in [-0.3, -0.25) is 9.78 Å². The first-order chi connectivity index (χ1) is 11.6. The van der Waals surface area contributed by atoms with Gasteiger partial charge < -0.3 is 9.80 Å². The van der Waals surface area contributed by atoms with Gasteiger partial charge in [-0.15, -0.1) is 0 Å². The molecule has 4 nitrogen and oxygen atoms in total. The van der Waals surface area contributed by atoms with Crippen LogP contribution in [0.2, 0.25) is 5.02 Å². The number of carbonyl (C=O) groups is 1. The van der Waals surface area contributed by atoms with Crippen LogP contribution in [0.5, 0.6) is 0 Å². The van der Waals surface area contributed by atoms with E-state index in [9.17, 15) is 4.79 Å². The van der Waals surface area contributed by atoms with Gasteiger partial charge in [-0.2, -0.15) is 0 Å². The number of anilines is 1. The predicted molar refractivity (Wildman–Crippen MR) is 97.5 cm³/mol. The maximum Gasteiger partial charge on any atom is 0.230 e. The number of rotatable bonds is 3. The zero-order chi connectivity index (χ0) is 16.7. The van der Waals surface area contributed by atoms with Crippen molar-refractivity contribution in [2.24, 2.45) is 5.41 Å². The topological polar surface area (TPSA) is 36.4 Å². The largest absolute Gasteiger partial charge is 0.370 e. The van der Waals surface area contributed by atoms with Crippen LogP contribution >= 0.6 is 11.6 Å². The van der Waals surface area contributed by atoms with Crippen molar-refractivity contribution in [1.82, 2.24) is 9.88 Å². The van der Waals surface area contributed by atoms with Gasteiger partial charge in [0, 0.05) is 48.5 Å². The Labute approximate surface area is 147 Å². The molecule has 1 spiro atoms. The second kappa shape index (κ2) is 5.92. The Balaban J connectivity index is 1.63. The van der Waals surface area contributed by atoms with Gasteiger partial charge >= 0.3 is 0 Å². The number of pyridine rings is 1. The normalized spacial score (nSPS) is 23.8. The zero-order valence-corrected chi connectivity index (χ0v) is 14.7. The molecule has 126 valence electrons. The minimum absolute atomic E-state index is 0.183. The molecule has 2 aliphatic rings. The van der Waals surface area contributed by atoms with Crippen molar-refractivity contribution in [2.45, 2.75) is 26.2 Å². The van der Waals surface area contributed by atoms with Crippen LogP contribution < -0.4 is 4.90 Å². The van der Waals surface area contributed by atoms with E-state index in [1.807, 2.05) is 29.3 Å². The molecular formula is C19H22ClN3O. The van der Waals surface area contributed by atoms with E-state index in [0.29, 0.717) is 10.9 Å². The van der Waals surface area contributed by atoms with Gasteiger partial charge in [0.05, 0.1) is 10.9 Å². The Morgan fingerprint density at radius 1 is 1.25 bits per heavy atom. The van der Waals surface area contributed by atoms with Crippen molar-refractivity contribution in [2.75, 3.05) is 31.1 Å². The van der Waals surface area contributed by atoms with E-state index in [2.05, 4.69) is 22.9 Å². The summed E-state index contributed by atoms with van der Waals surface area (Å²) < 4.78 is 0. The zero-order valence-electron chi connectivity index (χ0n) is 14.0. The van der Waals surface area contributed by atoms with Crippen molar-refractivity contribution in [3.63, 3.8) is 0 Å². The van der Waals surface area contributed by atoms with Crippen LogP contribution in [0.3, 0.4) is 0 Å². The van der Waals surface area contributed by atoms with Crippen molar-refractivity contribution in [3.8, 4) is 0 Å². The number of hydrogen-bond donors (Lipinski definition) is 0. The first-order valence-electron chi connectivity index (χ1n) is 8.71. The van der Waals surface area contributed by atoms with E-state index < -0.39 is 0 Å². The lowest BCUT2D eigenvalue weighted by atomic mass is 9.85. The third kappa shape index (κ3) is 2.44. The molecule has 3 heterocycles. The summed E-state index contributed by atoms with van der Waals surface area (Å²) in [7, 11) is 0. The van der Waals surface area contributed by atoms with Crippen LogP contribution in [0.1, 0.15) is 26.2 Å². The fourth-order valence-electron chi connectivity index (χ4n) is 4.21. The van der Waals surface area contributed by atoms with Crippen LogP contribution in [-0.2, 0) is 4.79 Å². The van der Waals surface area contributed by atoms with Crippen molar-refractivity contribution in [3.05, 3.63) is 35.5 Å². The molecule has 2 aliphatic heterocycles. The summed E-state index contributed by atoms with van der Waals surface area (Å²) in [6.45, 7) is 5.67. The third-order valence-corrected chi connectivity index (χ3v) is 5.71. The number of nitrogens with zero attached hydrogens (tertiary/aromatic N) is 3. The molecule has 0 radical (unpaired) electrons. The maximum atomic E-state index is 12.9. The van der Waals surface area contributed by atoms with Crippen molar-refractivity contribution in [1.29, 1.82) is 0 Å². The summed E-state index contributed by atoms with van der Waals surface area (Å²) in [5, 5.41) is 1.81. The number of likely N-dealkylation sites (tertiary alicyclic amines) is 1. The van der Waals surface area contributed by atoms with Crippen LogP contribution in [0.25, 0.3) is 10.9 Å². The van der Waals surface area contributed by atoms with Crippen molar-refractivity contribution < 1.29 is 4.79 Å². The van der Waals surface area contributed by atoms with Gasteiger partial charge in [0.25, 0.3) is 0 Å². The van der Waals surface area contributed by atoms with E-state index in [-0.39, 0.29) is 5.41 Å². The van der Waals surface area contributed by atoms with Gasteiger partial charge in [0.2, 0.25) is 5.91 Å². The first-order valence-corrected chi connectivity index (χ1v) is 9.09. The number of fused-ring (bicyclic) bond motifs is 1. The minimum atomic E-state index is -0.183.